The third-order valence-corrected chi connectivity index (χ3v) is 2.99. The van der Waals surface area contributed by atoms with Crippen LogP contribution in [0.1, 0.15) is 33.6 Å². The predicted octanol–water partition coefficient (Wildman–Crippen LogP) is 0.356. The minimum absolute atomic E-state index is 0.238. The van der Waals surface area contributed by atoms with E-state index in [0.717, 1.165) is 25.9 Å². The summed E-state index contributed by atoms with van der Waals surface area (Å²) in [4.78, 5) is 13.7. The summed E-state index contributed by atoms with van der Waals surface area (Å²) in [6.45, 7) is 7.94. The van der Waals surface area contributed by atoms with Crippen molar-refractivity contribution < 1.29 is 9.90 Å². The second-order valence-electron chi connectivity index (χ2n) is 4.59. The molecular weight excluding hydrogens is 192 g/mol. The molecule has 1 unspecified atom stereocenters. The Morgan fingerprint density at radius 1 is 1.33 bits per heavy atom. The van der Waals surface area contributed by atoms with E-state index in [0.29, 0.717) is 6.04 Å². The van der Waals surface area contributed by atoms with Crippen LogP contribution in [0.25, 0.3) is 0 Å². The van der Waals surface area contributed by atoms with Gasteiger partial charge >= 0.3 is 0 Å². The summed E-state index contributed by atoms with van der Waals surface area (Å²) in [6, 6.07) is 0.820. The van der Waals surface area contributed by atoms with E-state index in [4.69, 9.17) is 5.11 Å². The van der Waals surface area contributed by atoms with Crippen LogP contribution in [-0.2, 0) is 4.79 Å². The molecule has 0 bridgehead atoms. The molecule has 0 radical (unpaired) electrons. The molecule has 4 nitrogen and oxygen atoms in total. The zero-order chi connectivity index (χ0) is 11.4. The van der Waals surface area contributed by atoms with Gasteiger partial charge in [0, 0.05) is 25.2 Å². The van der Waals surface area contributed by atoms with E-state index < -0.39 is 6.10 Å². The molecule has 0 aromatic carbocycles. The first kappa shape index (κ1) is 12.5. The number of nitrogens with one attached hydrogen (secondary N) is 1. The van der Waals surface area contributed by atoms with Gasteiger partial charge in [-0.3, -0.25) is 4.79 Å². The van der Waals surface area contributed by atoms with Gasteiger partial charge in [-0.1, -0.05) is 0 Å². The number of likely N-dealkylation sites (tertiary alicyclic amines) is 1. The van der Waals surface area contributed by atoms with Gasteiger partial charge in [-0.2, -0.15) is 0 Å². The smallest absolute Gasteiger partial charge is 0.248 e. The zero-order valence-corrected chi connectivity index (χ0v) is 9.86. The number of hydrogen-bond donors (Lipinski definition) is 2. The third kappa shape index (κ3) is 3.80. The van der Waals surface area contributed by atoms with E-state index in [1.165, 1.54) is 6.92 Å². The molecule has 0 aromatic rings. The van der Waals surface area contributed by atoms with Crippen molar-refractivity contribution in [2.45, 2.75) is 51.8 Å². The normalized spacial score (nSPS) is 21.7. The molecule has 4 heteroatoms. The highest BCUT2D eigenvalue weighted by Crippen LogP contribution is 2.12. The Bertz CT molecular complexity index is 209. The summed E-state index contributed by atoms with van der Waals surface area (Å²) in [5.41, 5.74) is 0. The topological polar surface area (TPSA) is 52.6 Å². The van der Waals surface area contributed by atoms with Gasteiger partial charge in [0.1, 0.15) is 6.10 Å². The maximum absolute atomic E-state index is 11.3. The molecule has 1 aliphatic heterocycles. The quantitative estimate of drug-likeness (QED) is 0.713. The second kappa shape index (κ2) is 5.47. The summed E-state index contributed by atoms with van der Waals surface area (Å²) >= 11 is 0. The Hall–Kier alpha value is -0.610. The van der Waals surface area contributed by atoms with Crippen LogP contribution in [0.5, 0.6) is 0 Å². The van der Waals surface area contributed by atoms with Crippen LogP contribution in [0.2, 0.25) is 0 Å². The highest BCUT2D eigenvalue weighted by molar-refractivity contribution is 5.80. The Kier molecular flexibility index (Phi) is 4.54. The van der Waals surface area contributed by atoms with Gasteiger partial charge < -0.3 is 15.3 Å². The summed E-state index contributed by atoms with van der Waals surface area (Å²) in [5, 5.41) is 11.9. The van der Waals surface area contributed by atoms with Gasteiger partial charge in [-0.05, 0) is 33.6 Å². The predicted molar refractivity (Wildman–Crippen MR) is 59.6 cm³/mol. The molecule has 1 amide bonds. The van der Waals surface area contributed by atoms with Gasteiger partial charge in [0.15, 0.2) is 0 Å². The lowest BCUT2D eigenvalue weighted by Crippen LogP contribution is -2.48. The second-order valence-corrected chi connectivity index (χ2v) is 4.59. The summed E-state index contributed by atoms with van der Waals surface area (Å²) < 4.78 is 0. The van der Waals surface area contributed by atoms with E-state index in [-0.39, 0.29) is 11.9 Å². The number of aliphatic hydroxyl groups excluding tert-OH is 1. The average Bonchev–Trinajstić information content (AvgIpc) is 2.18. The van der Waals surface area contributed by atoms with Crippen LogP contribution in [0.3, 0.4) is 0 Å². The molecule has 1 atom stereocenters. The monoisotopic (exact) mass is 214 g/mol. The van der Waals surface area contributed by atoms with Gasteiger partial charge in [-0.25, -0.2) is 0 Å². The lowest BCUT2D eigenvalue weighted by molar-refractivity contribution is -0.129. The first-order valence-corrected chi connectivity index (χ1v) is 5.73. The van der Waals surface area contributed by atoms with Crippen molar-refractivity contribution >= 4 is 5.91 Å². The summed E-state index contributed by atoms with van der Waals surface area (Å²) in [5.74, 6) is -0.252. The molecule has 1 saturated heterocycles. The molecule has 2 N–H and O–H groups in total. The van der Waals surface area contributed by atoms with Gasteiger partial charge in [-0.15, -0.1) is 0 Å². The van der Waals surface area contributed by atoms with Crippen molar-refractivity contribution in [2.24, 2.45) is 0 Å². The number of rotatable bonds is 3. The molecule has 0 aliphatic carbocycles. The number of nitrogens with zero attached hydrogens (tertiary/aromatic N) is 1. The largest absolute Gasteiger partial charge is 0.384 e. The summed E-state index contributed by atoms with van der Waals surface area (Å²) in [7, 11) is 0. The number of carbonyl (C=O) groups excluding carboxylic acids is 1. The van der Waals surface area contributed by atoms with Crippen LogP contribution in [-0.4, -0.2) is 47.2 Å². The van der Waals surface area contributed by atoms with E-state index in [1.807, 2.05) is 0 Å². The average molecular weight is 214 g/mol. The first-order chi connectivity index (χ1) is 7.00. The highest BCUT2D eigenvalue weighted by Gasteiger charge is 2.22. The number of carbonyl (C=O) groups is 1. The van der Waals surface area contributed by atoms with Crippen LogP contribution in [0.15, 0.2) is 0 Å². The Morgan fingerprint density at radius 2 is 1.87 bits per heavy atom. The van der Waals surface area contributed by atoms with E-state index >= 15 is 0 Å². The van der Waals surface area contributed by atoms with Crippen LogP contribution < -0.4 is 5.32 Å². The lowest BCUT2D eigenvalue weighted by Gasteiger charge is -2.35. The molecule has 0 saturated carbocycles. The van der Waals surface area contributed by atoms with E-state index in [2.05, 4.69) is 24.1 Å². The SMILES string of the molecule is CC(O)C(=O)NC1CCN(C(C)C)CC1. The molecule has 0 spiro atoms. The fraction of sp³-hybridized carbons (Fsp3) is 0.909. The van der Waals surface area contributed by atoms with Gasteiger partial charge in [0.05, 0.1) is 0 Å². The maximum atomic E-state index is 11.3. The molecular formula is C11H22N2O2. The van der Waals surface area contributed by atoms with Crippen LogP contribution >= 0.6 is 0 Å². The lowest BCUT2D eigenvalue weighted by atomic mass is 10.0. The minimum Gasteiger partial charge on any atom is -0.384 e. The van der Waals surface area contributed by atoms with Crippen molar-refractivity contribution in [3.05, 3.63) is 0 Å². The summed E-state index contributed by atoms with van der Waals surface area (Å²) in [6.07, 6.45) is 1.07. The molecule has 15 heavy (non-hydrogen) atoms. The number of hydrogen-bond acceptors (Lipinski definition) is 3. The number of piperidine rings is 1. The van der Waals surface area contributed by atoms with Gasteiger partial charge in [0.25, 0.3) is 0 Å². The fourth-order valence-electron chi connectivity index (χ4n) is 1.88. The Labute approximate surface area is 91.6 Å². The van der Waals surface area contributed by atoms with Crippen molar-refractivity contribution in [1.29, 1.82) is 0 Å². The van der Waals surface area contributed by atoms with Crippen molar-refractivity contribution in [2.75, 3.05) is 13.1 Å². The molecule has 88 valence electrons. The minimum atomic E-state index is -0.895. The standard InChI is InChI=1S/C11H22N2O2/c1-8(2)13-6-4-10(5-7-13)12-11(15)9(3)14/h8-10,14H,4-7H2,1-3H3,(H,12,15). The molecule has 1 fully saturated rings. The zero-order valence-electron chi connectivity index (χ0n) is 9.86. The van der Waals surface area contributed by atoms with Crippen molar-refractivity contribution in [1.82, 2.24) is 10.2 Å². The highest BCUT2D eigenvalue weighted by atomic mass is 16.3. The third-order valence-electron chi connectivity index (χ3n) is 2.99. The molecule has 1 heterocycles. The molecule has 1 aliphatic rings. The maximum Gasteiger partial charge on any atom is 0.248 e. The van der Waals surface area contributed by atoms with Crippen LogP contribution in [0, 0.1) is 0 Å². The number of amides is 1. The Balaban J connectivity index is 2.29. The Morgan fingerprint density at radius 3 is 2.27 bits per heavy atom. The number of aliphatic hydroxyl groups is 1. The fourth-order valence-corrected chi connectivity index (χ4v) is 1.88. The molecule has 0 aromatic heterocycles. The van der Waals surface area contributed by atoms with Crippen molar-refractivity contribution in [3.8, 4) is 0 Å². The van der Waals surface area contributed by atoms with Crippen molar-refractivity contribution in [3.63, 3.8) is 0 Å². The van der Waals surface area contributed by atoms with Crippen LogP contribution in [0.4, 0.5) is 0 Å². The van der Waals surface area contributed by atoms with E-state index in [1.54, 1.807) is 0 Å². The van der Waals surface area contributed by atoms with Gasteiger partial charge in [0.2, 0.25) is 5.91 Å². The van der Waals surface area contributed by atoms with E-state index in [9.17, 15) is 4.79 Å². The first-order valence-electron chi connectivity index (χ1n) is 5.73. The molecule has 1 rings (SSSR count).